The van der Waals surface area contributed by atoms with Gasteiger partial charge in [0.2, 0.25) is 0 Å². The van der Waals surface area contributed by atoms with Gasteiger partial charge < -0.3 is 15.1 Å². The summed E-state index contributed by atoms with van der Waals surface area (Å²) in [6.07, 6.45) is 2.52. The largest absolute Gasteiger partial charge is 0.469 e. The summed E-state index contributed by atoms with van der Waals surface area (Å²) in [5, 5.41) is 6.25. The Kier molecular flexibility index (Phi) is 3.59. The van der Waals surface area contributed by atoms with Crippen molar-refractivity contribution < 1.29 is 4.42 Å². The SMILES string of the molecule is CNc1cc(NCCc2ccco2)nc(C)n1. The van der Waals surface area contributed by atoms with Gasteiger partial charge in [-0.25, -0.2) is 9.97 Å². The highest BCUT2D eigenvalue weighted by Crippen LogP contribution is 2.10. The molecule has 5 nitrogen and oxygen atoms in total. The van der Waals surface area contributed by atoms with Gasteiger partial charge in [0, 0.05) is 26.1 Å². The topological polar surface area (TPSA) is 63.0 Å². The third kappa shape index (κ3) is 3.21. The van der Waals surface area contributed by atoms with Crippen LogP contribution >= 0.6 is 0 Å². The summed E-state index contributed by atoms with van der Waals surface area (Å²) in [5.74, 6) is 3.36. The summed E-state index contributed by atoms with van der Waals surface area (Å²) in [4.78, 5) is 8.54. The second-order valence-electron chi connectivity index (χ2n) is 3.69. The van der Waals surface area contributed by atoms with Crippen LogP contribution in [-0.4, -0.2) is 23.6 Å². The van der Waals surface area contributed by atoms with Gasteiger partial charge in [-0.05, 0) is 19.1 Å². The molecule has 2 heterocycles. The Labute approximate surface area is 100 Å². The summed E-state index contributed by atoms with van der Waals surface area (Å²) in [7, 11) is 1.84. The number of furan rings is 1. The van der Waals surface area contributed by atoms with E-state index >= 15 is 0 Å². The zero-order chi connectivity index (χ0) is 12.1. The predicted molar refractivity (Wildman–Crippen MR) is 67.2 cm³/mol. The number of nitrogens with one attached hydrogen (secondary N) is 2. The van der Waals surface area contributed by atoms with Crippen molar-refractivity contribution in [3.8, 4) is 0 Å². The van der Waals surface area contributed by atoms with E-state index in [2.05, 4.69) is 20.6 Å². The third-order valence-corrected chi connectivity index (χ3v) is 2.35. The minimum absolute atomic E-state index is 0.748. The molecule has 0 bridgehead atoms. The summed E-state index contributed by atoms with van der Waals surface area (Å²) in [6, 6.07) is 5.74. The van der Waals surface area contributed by atoms with Crippen LogP contribution in [0.2, 0.25) is 0 Å². The first kappa shape index (κ1) is 11.4. The molecule has 2 N–H and O–H groups in total. The number of aromatic nitrogens is 2. The van der Waals surface area contributed by atoms with Gasteiger partial charge in [0.25, 0.3) is 0 Å². The second-order valence-corrected chi connectivity index (χ2v) is 3.69. The zero-order valence-corrected chi connectivity index (χ0v) is 10.0. The number of rotatable bonds is 5. The lowest BCUT2D eigenvalue weighted by atomic mass is 10.3. The predicted octanol–water partition coefficient (Wildman–Crippen LogP) is 2.07. The van der Waals surface area contributed by atoms with Crippen molar-refractivity contribution in [2.75, 3.05) is 24.2 Å². The first-order chi connectivity index (χ1) is 8.28. The maximum atomic E-state index is 5.25. The molecular weight excluding hydrogens is 216 g/mol. The Morgan fingerprint density at radius 3 is 2.82 bits per heavy atom. The Hall–Kier alpha value is -2.04. The van der Waals surface area contributed by atoms with Gasteiger partial charge in [0.15, 0.2) is 0 Å². The smallest absolute Gasteiger partial charge is 0.131 e. The average Bonchev–Trinajstić information content (AvgIpc) is 2.81. The van der Waals surface area contributed by atoms with E-state index in [1.165, 1.54) is 0 Å². The van der Waals surface area contributed by atoms with E-state index in [-0.39, 0.29) is 0 Å². The van der Waals surface area contributed by atoms with Crippen LogP contribution in [0.5, 0.6) is 0 Å². The van der Waals surface area contributed by atoms with Crippen LogP contribution < -0.4 is 10.6 Å². The quantitative estimate of drug-likeness (QED) is 0.826. The number of nitrogens with zero attached hydrogens (tertiary/aromatic N) is 2. The molecule has 5 heteroatoms. The Balaban J connectivity index is 1.92. The van der Waals surface area contributed by atoms with E-state index in [0.29, 0.717) is 0 Å². The number of hydrogen-bond acceptors (Lipinski definition) is 5. The monoisotopic (exact) mass is 232 g/mol. The highest BCUT2D eigenvalue weighted by molar-refractivity contribution is 5.47. The molecule has 90 valence electrons. The van der Waals surface area contributed by atoms with Crippen molar-refractivity contribution in [1.29, 1.82) is 0 Å². The van der Waals surface area contributed by atoms with Crippen LogP contribution in [-0.2, 0) is 6.42 Å². The highest BCUT2D eigenvalue weighted by atomic mass is 16.3. The van der Waals surface area contributed by atoms with Gasteiger partial charge in [-0.3, -0.25) is 0 Å². The van der Waals surface area contributed by atoms with Crippen molar-refractivity contribution in [3.05, 3.63) is 36.0 Å². The lowest BCUT2D eigenvalue weighted by molar-refractivity contribution is 0.513. The van der Waals surface area contributed by atoms with Gasteiger partial charge in [0.1, 0.15) is 23.2 Å². The molecule has 0 aliphatic rings. The molecule has 17 heavy (non-hydrogen) atoms. The van der Waals surface area contributed by atoms with Crippen molar-refractivity contribution in [2.24, 2.45) is 0 Å². The molecule has 0 radical (unpaired) electrons. The van der Waals surface area contributed by atoms with Gasteiger partial charge in [-0.2, -0.15) is 0 Å². The number of hydrogen-bond donors (Lipinski definition) is 2. The summed E-state index contributed by atoms with van der Waals surface area (Å²) in [6.45, 7) is 2.66. The minimum atomic E-state index is 0.748. The molecule has 0 saturated heterocycles. The van der Waals surface area contributed by atoms with E-state index in [1.807, 2.05) is 32.2 Å². The lowest BCUT2D eigenvalue weighted by Crippen LogP contribution is -2.08. The molecule has 2 aromatic heterocycles. The molecule has 0 saturated carbocycles. The van der Waals surface area contributed by atoms with Crippen LogP contribution in [0.3, 0.4) is 0 Å². The molecule has 2 aromatic rings. The molecule has 0 atom stereocenters. The van der Waals surface area contributed by atoms with Crippen molar-refractivity contribution in [2.45, 2.75) is 13.3 Å². The average molecular weight is 232 g/mol. The fourth-order valence-corrected chi connectivity index (χ4v) is 1.55. The molecule has 0 aliphatic carbocycles. The van der Waals surface area contributed by atoms with Gasteiger partial charge in [0.05, 0.1) is 6.26 Å². The van der Waals surface area contributed by atoms with E-state index in [0.717, 1.165) is 36.2 Å². The highest BCUT2D eigenvalue weighted by Gasteiger charge is 2.00. The van der Waals surface area contributed by atoms with Crippen LogP contribution in [0.1, 0.15) is 11.6 Å². The molecule has 0 aliphatic heterocycles. The molecular formula is C12H16N4O. The number of aryl methyl sites for hydroxylation is 1. The van der Waals surface area contributed by atoms with Gasteiger partial charge >= 0.3 is 0 Å². The third-order valence-electron chi connectivity index (χ3n) is 2.35. The first-order valence-electron chi connectivity index (χ1n) is 5.57. The summed E-state index contributed by atoms with van der Waals surface area (Å²) in [5.41, 5.74) is 0. The van der Waals surface area contributed by atoms with Gasteiger partial charge in [-0.1, -0.05) is 0 Å². The van der Waals surface area contributed by atoms with E-state index in [1.54, 1.807) is 6.26 Å². The van der Waals surface area contributed by atoms with Crippen LogP contribution in [0, 0.1) is 6.92 Å². The first-order valence-corrected chi connectivity index (χ1v) is 5.57. The lowest BCUT2D eigenvalue weighted by Gasteiger charge is -2.07. The fourth-order valence-electron chi connectivity index (χ4n) is 1.55. The van der Waals surface area contributed by atoms with Crippen molar-refractivity contribution >= 4 is 11.6 Å². The molecule has 0 unspecified atom stereocenters. The maximum Gasteiger partial charge on any atom is 0.131 e. The molecule has 0 spiro atoms. The van der Waals surface area contributed by atoms with E-state index in [4.69, 9.17) is 4.42 Å². The van der Waals surface area contributed by atoms with Crippen LogP contribution in [0.4, 0.5) is 11.6 Å². The standard InChI is InChI=1S/C12H16N4O/c1-9-15-11(13-2)8-12(16-9)14-6-5-10-4-3-7-17-10/h3-4,7-8H,5-6H2,1-2H3,(H2,13,14,15,16). The van der Waals surface area contributed by atoms with E-state index < -0.39 is 0 Å². The molecule has 0 fully saturated rings. The number of anilines is 2. The minimum Gasteiger partial charge on any atom is -0.469 e. The van der Waals surface area contributed by atoms with Crippen LogP contribution in [0.15, 0.2) is 28.9 Å². The molecule has 0 aromatic carbocycles. The van der Waals surface area contributed by atoms with Crippen molar-refractivity contribution in [3.63, 3.8) is 0 Å². The fraction of sp³-hybridized carbons (Fsp3) is 0.333. The van der Waals surface area contributed by atoms with Crippen LogP contribution in [0.25, 0.3) is 0 Å². The van der Waals surface area contributed by atoms with Crippen molar-refractivity contribution in [1.82, 2.24) is 9.97 Å². The van der Waals surface area contributed by atoms with Gasteiger partial charge in [-0.15, -0.1) is 0 Å². The normalized spacial score (nSPS) is 10.2. The zero-order valence-electron chi connectivity index (χ0n) is 10.0. The summed E-state index contributed by atoms with van der Waals surface area (Å²) >= 11 is 0. The van der Waals surface area contributed by atoms with E-state index in [9.17, 15) is 0 Å². The Morgan fingerprint density at radius 2 is 2.12 bits per heavy atom. The summed E-state index contributed by atoms with van der Waals surface area (Å²) < 4.78 is 5.25. The Morgan fingerprint density at radius 1 is 1.29 bits per heavy atom. The second kappa shape index (κ2) is 5.34. The Bertz CT molecular complexity index is 467. The molecule has 2 rings (SSSR count). The molecule has 0 amide bonds. The maximum absolute atomic E-state index is 5.25.